The number of unbranched alkanes of at least 4 members (excludes halogenated alkanes) is 2. The highest BCUT2D eigenvalue weighted by atomic mass is 79.9. The molecule has 0 aliphatic carbocycles. The van der Waals surface area contributed by atoms with E-state index in [0.29, 0.717) is 0 Å². The fraction of sp³-hybridized carbons (Fsp3) is 0.692. The molecule has 0 fully saturated rings. The van der Waals surface area contributed by atoms with Crippen LogP contribution in [0.25, 0.3) is 0 Å². The zero-order chi connectivity index (χ0) is 13.5. The van der Waals surface area contributed by atoms with Gasteiger partial charge in [-0.25, -0.2) is 4.79 Å². The first-order valence-electron chi connectivity index (χ1n) is 5.84. The standard InChI is InChI=1S/C13H21BrO3/c1-5-6-7-8-10(11(15)9-14)12(16)17-13(2,3)4/h8H,5-7,9H2,1-4H3. The van der Waals surface area contributed by atoms with Gasteiger partial charge in [-0.2, -0.15) is 0 Å². The fourth-order valence-corrected chi connectivity index (χ4v) is 1.47. The van der Waals surface area contributed by atoms with Crippen molar-refractivity contribution in [3.05, 3.63) is 11.6 Å². The topological polar surface area (TPSA) is 43.4 Å². The Balaban J connectivity index is 4.74. The summed E-state index contributed by atoms with van der Waals surface area (Å²) in [6.07, 6.45) is 4.40. The molecule has 0 aliphatic heterocycles. The molecule has 17 heavy (non-hydrogen) atoms. The van der Waals surface area contributed by atoms with E-state index in [2.05, 4.69) is 22.9 Å². The number of hydrogen-bond donors (Lipinski definition) is 0. The lowest BCUT2D eigenvalue weighted by Crippen LogP contribution is -2.27. The number of halogens is 1. The quantitative estimate of drug-likeness (QED) is 0.189. The molecule has 0 saturated carbocycles. The second-order valence-corrected chi connectivity index (χ2v) is 5.38. The molecular formula is C13H21BrO3. The smallest absolute Gasteiger partial charge is 0.341 e. The minimum Gasteiger partial charge on any atom is -0.456 e. The lowest BCUT2D eigenvalue weighted by molar-refractivity contribution is -0.150. The summed E-state index contributed by atoms with van der Waals surface area (Å²) in [7, 11) is 0. The third kappa shape index (κ3) is 7.31. The van der Waals surface area contributed by atoms with Gasteiger partial charge in [-0.3, -0.25) is 4.79 Å². The number of ketones is 1. The summed E-state index contributed by atoms with van der Waals surface area (Å²) in [6.45, 7) is 7.42. The maximum atomic E-state index is 11.8. The Hall–Kier alpha value is -0.640. The molecule has 4 heteroatoms. The van der Waals surface area contributed by atoms with Crippen LogP contribution in [0.1, 0.15) is 47.0 Å². The Labute approximate surface area is 112 Å². The van der Waals surface area contributed by atoms with Crippen LogP contribution in [-0.4, -0.2) is 22.7 Å². The van der Waals surface area contributed by atoms with E-state index in [0.717, 1.165) is 19.3 Å². The lowest BCUT2D eigenvalue weighted by atomic mass is 10.1. The summed E-state index contributed by atoms with van der Waals surface area (Å²) < 4.78 is 5.20. The van der Waals surface area contributed by atoms with E-state index in [9.17, 15) is 9.59 Å². The van der Waals surface area contributed by atoms with E-state index >= 15 is 0 Å². The summed E-state index contributed by atoms with van der Waals surface area (Å²) >= 11 is 3.07. The van der Waals surface area contributed by atoms with Gasteiger partial charge >= 0.3 is 5.97 Å². The van der Waals surface area contributed by atoms with E-state index in [4.69, 9.17) is 4.74 Å². The number of carbonyl (C=O) groups is 2. The number of alkyl halides is 1. The van der Waals surface area contributed by atoms with Crippen LogP contribution in [0.5, 0.6) is 0 Å². The zero-order valence-electron chi connectivity index (χ0n) is 11.0. The molecule has 0 aromatic rings. The van der Waals surface area contributed by atoms with Gasteiger partial charge in [0.1, 0.15) is 5.60 Å². The summed E-state index contributed by atoms with van der Waals surface area (Å²) in [5, 5.41) is 0.143. The maximum absolute atomic E-state index is 11.8. The van der Waals surface area contributed by atoms with Gasteiger partial charge in [0.2, 0.25) is 0 Å². The number of hydrogen-bond acceptors (Lipinski definition) is 3. The monoisotopic (exact) mass is 304 g/mol. The molecule has 98 valence electrons. The number of allylic oxidation sites excluding steroid dienone is 1. The molecule has 0 unspecified atom stereocenters. The van der Waals surface area contributed by atoms with Crippen molar-refractivity contribution in [2.75, 3.05) is 5.33 Å². The molecule has 0 rings (SSSR count). The first-order valence-corrected chi connectivity index (χ1v) is 6.96. The van der Waals surface area contributed by atoms with Crippen molar-refractivity contribution in [1.82, 2.24) is 0 Å². The predicted octanol–water partition coefficient (Wildman–Crippen LogP) is 3.41. The van der Waals surface area contributed by atoms with Crippen LogP contribution in [0.4, 0.5) is 0 Å². The molecule has 0 aromatic heterocycles. The van der Waals surface area contributed by atoms with Crippen LogP contribution in [0, 0.1) is 0 Å². The van der Waals surface area contributed by atoms with Gasteiger partial charge < -0.3 is 4.74 Å². The number of esters is 1. The molecule has 0 saturated heterocycles. The highest BCUT2D eigenvalue weighted by Gasteiger charge is 2.23. The number of carbonyl (C=O) groups excluding carboxylic acids is 2. The summed E-state index contributed by atoms with van der Waals surface area (Å²) in [4.78, 5) is 23.4. The average molecular weight is 305 g/mol. The van der Waals surface area contributed by atoms with E-state index in [1.165, 1.54) is 0 Å². The van der Waals surface area contributed by atoms with Crippen LogP contribution in [0.2, 0.25) is 0 Å². The molecule has 3 nitrogen and oxygen atoms in total. The number of rotatable bonds is 6. The predicted molar refractivity (Wildman–Crippen MR) is 72.3 cm³/mol. The van der Waals surface area contributed by atoms with Crippen molar-refractivity contribution in [3.63, 3.8) is 0 Å². The van der Waals surface area contributed by atoms with Crippen molar-refractivity contribution in [3.8, 4) is 0 Å². The van der Waals surface area contributed by atoms with Crippen molar-refractivity contribution in [1.29, 1.82) is 0 Å². The Morgan fingerprint density at radius 2 is 1.88 bits per heavy atom. The van der Waals surface area contributed by atoms with Gasteiger partial charge in [0.25, 0.3) is 0 Å². The van der Waals surface area contributed by atoms with Crippen LogP contribution in [0.3, 0.4) is 0 Å². The molecule has 0 heterocycles. The van der Waals surface area contributed by atoms with Crippen LogP contribution < -0.4 is 0 Å². The van der Waals surface area contributed by atoms with Crippen molar-refractivity contribution < 1.29 is 14.3 Å². The minimum atomic E-state index is -0.576. The van der Waals surface area contributed by atoms with Crippen molar-refractivity contribution in [2.24, 2.45) is 0 Å². The molecule has 0 bridgehead atoms. The Kier molecular flexibility index (Phi) is 7.35. The van der Waals surface area contributed by atoms with Crippen molar-refractivity contribution >= 4 is 27.7 Å². The number of ether oxygens (including phenoxy) is 1. The van der Waals surface area contributed by atoms with Crippen LogP contribution >= 0.6 is 15.9 Å². The number of Topliss-reactive ketones (excluding diaryl/α,β-unsaturated/α-hetero) is 1. The molecule has 0 aromatic carbocycles. The van der Waals surface area contributed by atoms with E-state index in [1.807, 2.05) is 0 Å². The summed E-state index contributed by atoms with van der Waals surface area (Å²) in [5.74, 6) is -0.756. The van der Waals surface area contributed by atoms with Gasteiger partial charge in [0.15, 0.2) is 5.78 Å². The average Bonchev–Trinajstić information content (AvgIpc) is 2.20. The third-order valence-electron chi connectivity index (χ3n) is 1.95. The van der Waals surface area contributed by atoms with Crippen LogP contribution in [-0.2, 0) is 14.3 Å². The first kappa shape index (κ1) is 16.4. The first-order chi connectivity index (χ1) is 7.81. The van der Waals surface area contributed by atoms with Crippen molar-refractivity contribution in [2.45, 2.75) is 52.6 Å². The largest absolute Gasteiger partial charge is 0.456 e. The minimum absolute atomic E-state index is 0.143. The second kappa shape index (κ2) is 7.64. The molecular weight excluding hydrogens is 284 g/mol. The third-order valence-corrected chi connectivity index (χ3v) is 2.46. The molecule has 0 aliphatic rings. The maximum Gasteiger partial charge on any atom is 0.341 e. The van der Waals surface area contributed by atoms with E-state index < -0.39 is 11.6 Å². The molecule has 0 atom stereocenters. The molecule has 0 radical (unpaired) electrons. The Bertz CT molecular complexity index is 300. The van der Waals surface area contributed by atoms with Gasteiger partial charge in [0, 0.05) is 0 Å². The fourth-order valence-electron chi connectivity index (χ4n) is 1.17. The second-order valence-electron chi connectivity index (χ2n) is 4.82. The highest BCUT2D eigenvalue weighted by Crippen LogP contribution is 2.13. The molecule has 0 amide bonds. The van der Waals surface area contributed by atoms with E-state index in [-0.39, 0.29) is 16.7 Å². The van der Waals surface area contributed by atoms with Gasteiger partial charge in [-0.05, 0) is 27.2 Å². The zero-order valence-corrected chi connectivity index (χ0v) is 12.6. The SMILES string of the molecule is CCCCC=C(C(=O)CBr)C(=O)OC(C)(C)C. The normalized spacial score (nSPS) is 12.4. The van der Waals surface area contributed by atoms with Crippen LogP contribution in [0.15, 0.2) is 11.6 Å². The Morgan fingerprint density at radius 3 is 2.29 bits per heavy atom. The highest BCUT2D eigenvalue weighted by molar-refractivity contribution is 9.09. The summed E-state index contributed by atoms with van der Waals surface area (Å²) in [5.41, 5.74) is -0.418. The lowest BCUT2D eigenvalue weighted by Gasteiger charge is -2.20. The van der Waals surface area contributed by atoms with E-state index in [1.54, 1.807) is 26.8 Å². The Morgan fingerprint density at radius 1 is 1.29 bits per heavy atom. The van der Waals surface area contributed by atoms with Gasteiger partial charge in [-0.15, -0.1) is 0 Å². The van der Waals surface area contributed by atoms with Gasteiger partial charge in [-0.1, -0.05) is 41.8 Å². The molecule has 0 N–H and O–H groups in total. The summed E-state index contributed by atoms with van der Waals surface area (Å²) in [6, 6.07) is 0. The van der Waals surface area contributed by atoms with Gasteiger partial charge in [0.05, 0.1) is 10.9 Å². The molecule has 0 spiro atoms.